The molecule has 0 fully saturated rings. The van der Waals surface area contributed by atoms with Crippen molar-refractivity contribution in [2.45, 2.75) is 0 Å². The molecule has 3 nitrogen and oxygen atoms in total. The van der Waals surface area contributed by atoms with Crippen LogP contribution in [0.1, 0.15) is 15.9 Å². The van der Waals surface area contributed by atoms with Crippen molar-refractivity contribution in [2.24, 2.45) is 5.73 Å². The van der Waals surface area contributed by atoms with Crippen molar-refractivity contribution in [1.82, 2.24) is 0 Å². The first-order valence-electron chi connectivity index (χ1n) is 3.80. The predicted octanol–water partition coefficient (Wildman–Crippen LogP) is 1.44. The number of nitrogens with two attached hydrogens (primary N) is 1. The second-order valence-corrected chi connectivity index (χ2v) is 2.49. The summed E-state index contributed by atoms with van der Waals surface area (Å²) in [6, 6.07) is 5.11. The van der Waals surface area contributed by atoms with E-state index in [9.17, 15) is 4.79 Å². The monoisotopic (exact) mass is 177 g/mol. The number of rotatable bonds is 3. The summed E-state index contributed by atoms with van der Waals surface area (Å²) in [5.74, 6) is 0.125. The largest absolute Gasteiger partial charge is 0.496 e. The van der Waals surface area contributed by atoms with Gasteiger partial charge in [-0.3, -0.25) is 4.79 Å². The van der Waals surface area contributed by atoms with Gasteiger partial charge in [0, 0.05) is 5.56 Å². The number of amides is 1. The predicted molar refractivity (Wildman–Crippen MR) is 51.6 cm³/mol. The number of methoxy groups -OCH3 is 1. The van der Waals surface area contributed by atoms with Gasteiger partial charge in [-0.1, -0.05) is 18.7 Å². The standard InChI is InChI=1S/C10H11NO2/c1-3-7-8(10(11)12)5-4-6-9(7)13-2/h3-6H,1H2,2H3,(H2,11,12). The third-order valence-electron chi connectivity index (χ3n) is 1.76. The number of carbonyl (C=O) groups excluding carboxylic acids is 1. The van der Waals surface area contributed by atoms with Gasteiger partial charge in [0.15, 0.2) is 0 Å². The molecule has 0 bridgehead atoms. The molecule has 1 rings (SSSR count). The lowest BCUT2D eigenvalue weighted by Crippen LogP contribution is -2.12. The Morgan fingerprint density at radius 2 is 2.31 bits per heavy atom. The van der Waals surface area contributed by atoms with Crippen molar-refractivity contribution in [2.75, 3.05) is 7.11 Å². The first kappa shape index (κ1) is 9.32. The average Bonchev–Trinajstić information content (AvgIpc) is 2.16. The van der Waals surface area contributed by atoms with E-state index in [2.05, 4.69) is 6.58 Å². The van der Waals surface area contributed by atoms with Gasteiger partial charge in [-0.05, 0) is 12.1 Å². The molecule has 0 atom stereocenters. The number of ether oxygens (including phenoxy) is 1. The van der Waals surface area contributed by atoms with Gasteiger partial charge in [0.05, 0.1) is 12.7 Å². The highest BCUT2D eigenvalue weighted by Crippen LogP contribution is 2.22. The zero-order chi connectivity index (χ0) is 9.84. The lowest BCUT2D eigenvalue weighted by Gasteiger charge is -2.07. The fourth-order valence-electron chi connectivity index (χ4n) is 1.15. The second-order valence-electron chi connectivity index (χ2n) is 2.49. The Labute approximate surface area is 76.8 Å². The molecule has 0 spiro atoms. The molecule has 0 aromatic heterocycles. The van der Waals surface area contributed by atoms with Crippen LogP contribution in [0.5, 0.6) is 5.75 Å². The Kier molecular flexibility index (Phi) is 2.69. The number of carbonyl (C=O) groups is 1. The average molecular weight is 177 g/mol. The topological polar surface area (TPSA) is 52.3 Å². The number of hydrogen-bond donors (Lipinski definition) is 1. The smallest absolute Gasteiger partial charge is 0.249 e. The van der Waals surface area contributed by atoms with Crippen LogP contribution in [-0.2, 0) is 0 Å². The molecular formula is C10H11NO2. The van der Waals surface area contributed by atoms with Crippen molar-refractivity contribution < 1.29 is 9.53 Å². The van der Waals surface area contributed by atoms with Crippen molar-refractivity contribution in [3.05, 3.63) is 35.9 Å². The van der Waals surface area contributed by atoms with Crippen LogP contribution in [0.25, 0.3) is 6.08 Å². The summed E-state index contributed by atoms with van der Waals surface area (Å²) in [5, 5.41) is 0. The third kappa shape index (κ3) is 1.69. The molecule has 1 amide bonds. The Hall–Kier alpha value is -1.77. The Balaban J connectivity index is 3.35. The molecule has 2 N–H and O–H groups in total. The maximum Gasteiger partial charge on any atom is 0.249 e. The molecule has 3 heteroatoms. The molecule has 0 aliphatic rings. The highest BCUT2D eigenvalue weighted by atomic mass is 16.5. The van der Waals surface area contributed by atoms with Gasteiger partial charge in [-0.25, -0.2) is 0 Å². The van der Waals surface area contributed by atoms with Crippen LogP contribution in [0.4, 0.5) is 0 Å². The van der Waals surface area contributed by atoms with E-state index in [1.165, 1.54) is 7.11 Å². The first-order chi connectivity index (χ1) is 6.20. The minimum absolute atomic E-state index is 0.425. The fourth-order valence-corrected chi connectivity index (χ4v) is 1.15. The molecular weight excluding hydrogens is 166 g/mol. The van der Waals surface area contributed by atoms with E-state index in [0.717, 1.165) is 0 Å². The van der Waals surface area contributed by atoms with Crippen LogP contribution < -0.4 is 10.5 Å². The zero-order valence-electron chi connectivity index (χ0n) is 7.41. The maximum absolute atomic E-state index is 11.0. The molecule has 68 valence electrons. The lowest BCUT2D eigenvalue weighted by atomic mass is 10.1. The Morgan fingerprint density at radius 1 is 1.62 bits per heavy atom. The van der Waals surface area contributed by atoms with Gasteiger partial charge in [0.2, 0.25) is 5.91 Å². The zero-order valence-corrected chi connectivity index (χ0v) is 7.41. The highest BCUT2D eigenvalue weighted by molar-refractivity contribution is 5.97. The summed E-state index contributed by atoms with van der Waals surface area (Å²) >= 11 is 0. The highest BCUT2D eigenvalue weighted by Gasteiger charge is 2.09. The van der Waals surface area contributed by atoms with Gasteiger partial charge in [-0.15, -0.1) is 0 Å². The summed E-state index contributed by atoms with van der Waals surface area (Å²) in [5.41, 5.74) is 6.23. The van der Waals surface area contributed by atoms with Gasteiger partial charge < -0.3 is 10.5 Å². The van der Waals surface area contributed by atoms with Crippen LogP contribution in [0.3, 0.4) is 0 Å². The molecule has 0 heterocycles. The quantitative estimate of drug-likeness (QED) is 0.759. The van der Waals surface area contributed by atoms with Crippen LogP contribution in [0.15, 0.2) is 24.8 Å². The molecule has 0 aliphatic carbocycles. The number of benzene rings is 1. The van der Waals surface area contributed by atoms with Gasteiger partial charge in [-0.2, -0.15) is 0 Å². The number of primary amides is 1. The van der Waals surface area contributed by atoms with E-state index >= 15 is 0 Å². The van der Waals surface area contributed by atoms with Gasteiger partial charge in [0.1, 0.15) is 5.75 Å². The lowest BCUT2D eigenvalue weighted by molar-refractivity contribution is 0.1000. The van der Waals surface area contributed by atoms with Crippen molar-refractivity contribution in [3.63, 3.8) is 0 Å². The van der Waals surface area contributed by atoms with Crippen molar-refractivity contribution >= 4 is 12.0 Å². The molecule has 0 aliphatic heterocycles. The van der Waals surface area contributed by atoms with Crippen molar-refractivity contribution in [1.29, 1.82) is 0 Å². The van der Waals surface area contributed by atoms with Crippen LogP contribution in [-0.4, -0.2) is 13.0 Å². The summed E-state index contributed by atoms with van der Waals surface area (Å²) in [6.07, 6.45) is 1.55. The Bertz CT molecular complexity index is 345. The fraction of sp³-hybridized carbons (Fsp3) is 0.100. The van der Waals surface area contributed by atoms with Gasteiger partial charge >= 0.3 is 0 Å². The van der Waals surface area contributed by atoms with E-state index < -0.39 is 5.91 Å². The summed E-state index contributed by atoms with van der Waals surface area (Å²) < 4.78 is 5.05. The minimum atomic E-state index is -0.478. The Morgan fingerprint density at radius 3 is 2.77 bits per heavy atom. The van der Waals surface area contributed by atoms with E-state index in [1.54, 1.807) is 24.3 Å². The van der Waals surface area contributed by atoms with Gasteiger partial charge in [0.25, 0.3) is 0 Å². The van der Waals surface area contributed by atoms with Crippen LogP contribution in [0, 0.1) is 0 Å². The molecule has 0 radical (unpaired) electrons. The van der Waals surface area contributed by atoms with E-state index in [0.29, 0.717) is 16.9 Å². The molecule has 0 saturated carbocycles. The molecule has 1 aromatic carbocycles. The minimum Gasteiger partial charge on any atom is -0.496 e. The third-order valence-corrected chi connectivity index (χ3v) is 1.76. The molecule has 13 heavy (non-hydrogen) atoms. The summed E-state index contributed by atoms with van der Waals surface area (Å²) in [6.45, 7) is 3.59. The van der Waals surface area contributed by atoms with E-state index in [-0.39, 0.29) is 0 Å². The molecule has 0 saturated heterocycles. The maximum atomic E-state index is 11.0. The SMILES string of the molecule is C=Cc1c(OC)cccc1C(N)=O. The van der Waals surface area contributed by atoms with Crippen molar-refractivity contribution in [3.8, 4) is 5.75 Å². The second kappa shape index (κ2) is 3.76. The summed E-state index contributed by atoms with van der Waals surface area (Å²) in [7, 11) is 1.53. The van der Waals surface area contributed by atoms with Crippen LogP contribution >= 0.6 is 0 Å². The van der Waals surface area contributed by atoms with E-state index in [1.807, 2.05) is 0 Å². The molecule has 1 aromatic rings. The summed E-state index contributed by atoms with van der Waals surface area (Å²) in [4.78, 5) is 11.0. The normalized spacial score (nSPS) is 9.31. The van der Waals surface area contributed by atoms with E-state index in [4.69, 9.17) is 10.5 Å². The first-order valence-corrected chi connectivity index (χ1v) is 3.80. The number of hydrogen-bond acceptors (Lipinski definition) is 2. The molecule has 0 unspecified atom stereocenters. The van der Waals surface area contributed by atoms with Crippen LogP contribution in [0.2, 0.25) is 0 Å².